The van der Waals surface area contributed by atoms with Crippen LogP contribution >= 0.6 is 0 Å². The first-order valence-corrected chi connectivity index (χ1v) is 7.51. The number of nitro groups is 1. The van der Waals surface area contributed by atoms with E-state index < -0.39 is 4.92 Å². The van der Waals surface area contributed by atoms with Crippen LogP contribution in [0.2, 0.25) is 0 Å². The Labute approximate surface area is 133 Å². The fourth-order valence-corrected chi connectivity index (χ4v) is 2.18. The summed E-state index contributed by atoms with van der Waals surface area (Å²) in [6.45, 7) is 4.34. The molecule has 0 bridgehead atoms. The van der Waals surface area contributed by atoms with Crippen LogP contribution in [-0.2, 0) is 24.2 Å². The summed E-state index contributed by atoms with van der Waals surface area (Å²) in [5.41, 5.74) is 0.0789. The monoisotopic (exact) mass is 317 g/mol. The largest absolute Gasteiger partial charge is 0.320 e. The van der Waals surface area contributed by atoms with Crippen molar-refractivity contribution in [3.05, 3.63) is 46.0 Å². The van der Waals surface area contributed by atoms with E-state index in [-0.39, 0.29) is 23.7 Å². The number of carbonyl (C=O) groups is 1. The molecule has 1 N–H and O–H groups in total. The molecule has 2 aromatic rings. The van der Waals surface area contributed by atoms with Crippen molar-refractivity contribution in [1.29, 1.82) is 0 Å². The van der Waals surface area contributed by atoms with E-state index in [9.17, 15) is 14.9 Å². The molecule has 122 valence electrons. The molecule has 0 saturated heterocycles. The quantitative estimate of drug-likeness (QED) is 0.623. The van der Waals surface area contributed by atoms with Gasteiger partial charge in [-0.15, -0.1) is 0 Å². The first-order chi connectivity index (χ1) is 11.0. The normalized spacial score (nSPS) is 10.5. The average molecular weight is 317 g/mol. The van der Waals surface area contributed by atoms with Crippen molar-refractivity contribution < 1.29 is 9.72 Å². The molecule has 0 saturated carbocycles. The Balaban J connectivity index is 2.01. The minimum absolute atomic E-state index is 0.121. The highest BCUT2D eigenvalue weighted by Crippen LogP contribution is 2.23. The Hall–Kier alpha value is -2.77. The van der Waals surface area contributed by atoms with Gasteiger partial charge in [-0.25, -0.2) is 9.67 Å². The highest BCUT2D eigenvalue weighted by molar-refractivity contribution is 5.92. The number of hydrogen-bond acceptors (Lipinski definition) is 5. The standard InChI is InChI=1S/C15H19N5O3/c1-3-13-17-14(4-2)19(18-13)10-9-15(21)16-11-7-5-6-8-12(11)20(22)23/h5-8H,3-4,9-10H2,1-2H3,(H,16,21). The van der Waals surface area contributed by atoms with Gasteiger partial charge in [-0.3, -0.25) is 14.9 Å². The molecule has 2 rings (SSSR count). The second-order valence-electron chi connectivity index (χ2n) is 4.95. The van der Waals surface area contributed by atoms with E-state index in [1.54, 1.807) is 16.8 Å². The predicted octanol–water partition coefficient (Wildman–Crippen LogP) is 2.34. The minimum Gasteiger partial charge on any atom is -0.320 e. The molecule has 0 unspecified atom stereocenters. The third kappa shape index (κ3) is 4.12. The summed E-state index contributed by atoms with van der Waals surface area (Å²) in [6, 6.07) is 6.07. The fourth-order valence-electron chi connectivity index (χ4n) is 2.18. The lowest BCUT2D eigenvalue weighted by Gasteiger charge is -2.07. The van der Waals surface area contributed by atoms with Gasteiger partial charge in [-0.2, -0.15) is 5.10 Å². The number of benzene rings is 1. The second-order valence-corrected chi connectivity index (χ2v) is 4.95. The van der Waals surface area contributed by atoms with Crippen LogP contribution in [0.25, 0.3) is 0 Å². The summed E-state index contributed by atoms with van der Waals surface area (Å²) in [5.74, 6) is 1.29. The van der Waals surface area contributed by atoms with E-state index in [0.717, 1.165) is 24.5 Å². The number of hydrogen-bond donors (Lipinski definition) is 1. The van der Waals surface area contributed by atoms with Gasteiger partial charge in [0.15, 0.2) is 5.82 Å². The summed E-state index contributed by atoms with van der Waals surface area (Å²) < 4.78 is 1.72. The van der Waals surface area contributed by atoms with Gasteiger partial charge in [-0.1, -0.05) is 26.0 Å². The van der Waals surface area contributed by atoms with Crippen molar-refractivity contribution in [3.8, 4) is 0 Å². The van der Waals surface area contributed by atoms with Crippen LogP contribution in [0.1, 0.15) is 31.9 Å². The number of rotatable bonds is 7. The number of para-hydroxylation sites is 2. The van der Waals surface area contributed by atoms with Crippen LogP contribution < -0.4 is 5.32 Å². The molecule has 0 aliphatic heterocycles. The first-order valence-electron chi connectivity index (χ1n) is 7.51. The minimum atomic E-state index is -0.518. The summed E-state index contributed by atoms with van der Waals surface area (Å²) >= 11 is 0. The number of aromatic nitrogens is 3. The third-order valence-electron chi connectivity index (χ3n) is 3.35. The molecule has 0 fully saturated rings. The lowest BCUT2D eigenvalue weighted by atomic mass is 10.2. The van der Waals surface area contributed by atoms with Gasteiger partial charge < -0.3 is 5.32 Å². The fraction of sp³-hybridized carbons (Fsp3) is 0.400. The van der Waals surface area contributed by atoms with E-state index in [2.05, 4.69) is 15.4 Å². The number of nitrogens with zero attached hydrogens (tertiary/aromatic N) is 4. The van der Waals surface area contributed by atoms with Crippen molar-refractivity contribution in [3.63, 3.8) is 0 Å². The summed E-state index contributed by atoms with van der Waals surface area (Å²) in [4.78, 5) is 26.8. The number of nitro benzene ring substituents is 1. The van der Waals surface area contributed by atoms with Gasteiger partial charge in [0.2, 0.25) is 5.91 Å². The van der Waals surface area contributed by atoms with Gasteiger partial charge in [0.05, 0.1) is 11.5 Å². The van der Waals surface area contributed by atoms with Crippen LogP contribution in [-0.4, -0.2) is 25.6 Å². The summed E-state index contributed by atoms with van der Waals surface area (Å²) in [5, 5.41) is 17.9. The van der Waals surface area contributed by atoms with Crippen LogP contribution in [0.5, 0.6) is 0 Å². The maximum absolute atomic E-state index is 12.0. The van der Waals surface area contributed by atoms with Crippen LogP contribution in [0, 0.1) is 10.1 Å². The molecule has 0 aliphatic carbocycles. The van der Waals surface area contributed by atoms with Gasteiger partial charge in [0.1, 0.15) is 11.5 Å². The highest BCUT2D eigenvalue weighted by Gasteiger charge is 2.15. The van der Waals surface area contributed by atoms with E-state index in [1.165, 1.54) is 12.1 Å². The number of aryl methyl sites for hydroxylation is 3. The van der Waals surface area contributed by atoms with Crippen LogP contribution in [0.3, 0.4) is 0 Å². The molecule has 0 aliphatic rings. The van der Waals surface area contributed by atoms with Crippen LogP contribution in [0.4, 0.5) is 11.4 Å². The van der Waals surface area contributed by atoms with Crippen molar-refractivity contribution in [2.45, 2.75) is 39.7 Å². The number of nitrogens with one attached hydrogen (secondary N) is 1. The van der Waals surface area contributed by atoms with Gasteiger partial charge in [0, 0.05) is 25.3 Å². The highest BCUT2D eigenvalue weighted by atomic mass is 16.6. The van der Waals surface area contributed by atoms with Crippen molar-refractivity contribution in [2.75, 3.05) is 5.32 Å². The van der Waals surface area contributed by atoms with Crippen molar-refractivity contribution in [1.82, 2.24) is 14.8 Å². The lowest BCUT2D eigenvalue weighted by Crippen LogP contribution is -2.17. The van der Waals surface area contributed by atoms with Gasteiger partial charge in [0.25, 0.3) is 5.69 Å². The van der Waals surface area contributed by atoms with E-state index in [0.29, 0.717) is 6.54 Å². The molecule has 0 spiro atoms. The zero-order chi connectivity index (χ0) is 16.8. The Morgan fingerprint density at radius 3 is 2.70 bits per heavy atom. The molecule has 1 amide bonds. The SMILES string of the molecule is CCc1nc(CC)n(CCC(=O)Nc2ccccc2[N+](=O)[O-])n1. The Bertz CT molecular complexity index is 711. The zero-order valence-corrected chi connectivity index (χ0v) is 13.2. The van der Waals surface area contributed by atoms with Gasteiger partial charge >= 0.3 is 0 Å². The molecule has 0 radical (unpaired) electrons. The Morgan fingerprint density at radius 2 is 2.04 bits per heavy atom. The topological polar surface area (TPSA) is 103 Å². The van der Waals surface area contributed by atoms with Crippen LogP contribution in [0.15, 0.2) is 24.3 Å². The molecule has 1 heterocycles. The number of anilines is 1. The summed E-state index contributed by atoms with van der Waals surface area (Å²) in [6.07, 6.45) is 1.65. The molecular formula is C15H19N5O3. The van der Waals surface area contributed by atoms with E-state index in [4.69, 9.17) is 0 Å². The maximum atomic E-state index is 12.0. The lowest BCUT2D eigenvalue weighted by molar-refractivity contribution is -0.383. The number of amides is 1. The first kappa shape index (κ1) is 16.6. The second kappa shape index (κ2) is 7.48. The summed E-state index contributed by atoms with van der Waals surface area (Å²) in [7, 11) is 0. The number of carbonyl (C=O) groups excluding carboxylic acids is 1. The smallest absolute Gasteiger partial charge is 0.292 e. The van der Waals surface area contributed by atoms with Crippen molar-refractivity contribution >= 4 is 17.3 Å². The Morgan fingerprint density at radius 1 is 1.30 bits per heavy atom. The molecule has 1 aromatic carbocycles. The predicted molar refractivity (Wildman–Crippen MR) is 85.1 cm³/mol. The maximum Gasteiger partial charge on any atom is 0.292 e. The van der Waals surface area contributed by atoms with E-state index >= 15 is 0 Å². The average Bonchev–Trinajstić information content (AvgIpc) is 2.95. The van der Waals surface area contributed by atoms with Crippen molar-refractivity contribution in [2.24, 2.45) is 0 Å². The molecule has 8 heteroatoms. The molecule has 1 aromatic heterocycles. The Kier molecular flexibility index (Phi) is 5.40. The molecule has 0 atom stereocenters. The van der Waals surface area contributed by atoms with Gasteiger partial charge in [-0.05, 0) is 6.07 Å². The zero-order valence-electron chi connectivity index (χ0n) is 13.2. The molecular weight excluding hydrogens is 298 g/mol. The van der Waals surface area contributed by atoms with E-state index in [1.807, 2.05) is 13.8 Å². The molecule has 8 nitrogen and oxygen atoms in total. The molecule has 23 heavy (non-hydrogen) atoms. The third-order valence-corrected chi connectivity index (χ3v) is 3.35.